The Morgan fingerprint density at radius 2 is 2.33 bits per heavy atom. The van der Waals surface area contributed by atoms with Gasteiger partial charge in [-0.3, -0.25) is 0 Å². The van der Waals surface area contributed by atoms with Crippen molar-refractivity contribution in [3.63, 3.8) is 0 Å². The molecule has 1 spiro atoms. The van der Waals surface area contributed by atoms with Gasteiger partial charge in [-0.25, -0.2) is 4.98 Å². The van der Waals surface area contributed by atoms with Crippen LogP contribution in [0.1, 0.15) is 11.3 Å². The zero-order chi connectivity index (χ0) is 16.5. The van der Waals surface area contributed by atoms with Crippen LogP contribution in [-0.2, 0) is 4.74 Å². The first-order valence-electron chi connectivity index (χ1n) is 8.68. The van der Waals surface area contributed by atoms with Gasteiger partial charge < -0.3 is 20.1 Å². The number of aliphatic hydroxyl groups excluding tert-OH is 1. The molecule has 3 aliphatic heterocycles. The molecule has 7 nitrogen and oxygen atoms in total. The van der Waals surface area contributed by atoms with E-state index in [-0.39, 0.29) is 24.2 Å². The molecule has 0 radical (unpaired) electrons. The highest BCUT2D eigenvalue weighted by molar-refractivity contribution is 5.57. The van der Waals surface area contributed by atoms with Crippen LogP contribution in [0.15, 0.2) is 12.3 Å². The van der Waals surface area contributed by atoms with Crippen LogP contribution in [0.2, 0.25) is 0 Å². The lowest BCUT2D eigenvalue weighted by molar-refractivity contribution is -0.0654. The van der Waals surface area contributed by atoms with E-state index in [0.717, 1.165) is 48.9 Å². The second kappa shape index (κ2) is 4.91. The number of anilines is 1. The highest BCUT2D eigenvalue weighted by Gasteiger charge is 2.61. The molecule has 2 aromatic heterocycles. The predicted molar refractivity (Wildman–Crippen MR) is 89.2 cm³/mol. The molecule has 0 saturated carbocycles. The fraction of sp³-hybridized carbons (Fsp3) is 0.647. The Kier molecular flexibility index (Phi) is 2.99. The molecule has 2 aromatic rings. The number of aryl methyl sites for hydroxylation is 1. The number of nitrogens with zero attached hydrogens (tertiary/aromatic N) is 4. The number of morpholine rings is 1. The normalized spacial score (nSPS) is 35.0. The summed E-state index contributed by atoms with van der Waals surface area (Å²) >= 11 is 0. The molecule has 3 aliphatic rings. The van der Waals surface area contributed by atoms with Crippen LogP contribution in [0.3, 0.4) is 0 Å². The minimum Gasteiger partial charge on any atom is -0.396 e. The highest BCUT2D eigenvalue weighted by Crippen LogP contribution is 2.48. The first-order chi connectivity index (χ1) is 11.6. The van der Waals surface area contributed by atoms with Gasteiger partial charge >= 0.3 is 0 Å². The largest absolute Gasteiger partial charge is 0.396 e. The summed E-state index contributed by atoms with van der Waals surface area (Å²) in [5, 5.41) is 17.9. The second-order valence-electron chi connectivity index (χ2n) is 7.43. The first-order valence-corrected chi connectivity index (χ1v) is 8.68. The Bertz CT molecular complexity index is 806. The Balaban J connectivity index is 1.59. The molecule has 3 fully saturated rings. The Labute approximate surface area is 140 Å². The summed E-state index contributed by atoms with van der Waals surface area (Å²) in [6, 6.07) is 1.94. The van der Waals surface area contributed by atoms with Crippen molar-refractivity contribution in [3.8, 4) is 0 Å². The van der Waals surface area contributed by atoms with Crippen LogP contribution in [0, 0.1) is 25.7 Å². The number of aliphatic hydroxyl groups is 1. The third kappa shape index (κ3) is 1.77. The molecular formula is C17H23N5O2. The van der Waals surface area contributed by atoms with Crippen molar-refractivity contribution < 1.29 is 9.84 Å². The molecule has 128 valence electrons. The van der Waals surface area contributed by atoms with Gasteiger partial charge in [0.15, 0.2) is 5.65 Å². The fourth-order valence-corrected chi connectivity index (χ4v) is 4.95. The summed E-state index contributed by atoms with van der Waals surface area (Å²) in [6.45, 7) is 7.77. The molecule has 7 heteroatoms. The standard InChI is InChI=1S/C17H23N5O2/c1-10-11(2)20-15-3-4-19-22(15)16(10)21-6-13-12(7-23)14-5-18-8-17(13,9-21)24-14/h3-4,12-14,18,23H,5-9H2,1-2H3/t12-,13+,14+,17+/m0/s1. The molecule has 2 bridgehead atoms. The van der Waals surface area contributed by atoms with Crippen molar-refractivity contribution in [2.45, 2.75) is 25.6 Å². The predicted octanol–water partition coefficient (Wildman–Crippen LogP) is 0.132. The average Bonchev–Trinajstić information content (AvgIpc) is 3.19. The minimum absolute atomic E-state index is 0.140. The van der Waals surface area contributed by atoms with Gasteiger partial charge in [0.1, 0.15) is 11.4 Å². The number of hydrogen-bond donors (Lipinski definition) is 2. The lowest BCUT2D eigenvalue weighted by atomic mass is 9.83. The number of nitrogens with one attached hydrogen (secondary N) is 1. The molecule has 0 aromatic carbocycles. The van der Waals surface area contributed by atoms with Gasteiger partial charge in [-0.05, 0) is 13.8 Å². The van der Waals surface area contributed by atoms with Crippen LogP contribution < -0.4 is 10.2 Å². The maximum absolute atomic E-state index is 9.90. The number of ether oxygens (including phenoxy) is 1. The van der Waals surface area contributed by atoms with Crippen molar-refractivity contribution in [1.82, 2.24) is 19.9 Å². The van der Waals surface area contributed by atoms with Gasteiger partial charge in [-0.15, -0.1) is 0 Å². The van der Waals surface area contributed by atoms with Crippen molar-refractivity contribution in [3.05, 3.63) is 23.5 Å². The number of aromatic nitrogens is 3. The Hall–Kier alpha value is -1.70. The van der Waals surface area contributed by atoms with E-state index in [1.807, 2.05) is 17.5 Å². The first kappa shape index (κ1) is 14.6. The maximum Gasteiger partial charge on any atom is 0.157 e. The van der Waals surface area contributed by atoms with E-state index >= 15 is 0 Å². The molecule has 5 heterocycles. The second-order valence-corrected chi connectivity index (χ2v) is 7.43. The van der Waals surface area contributed by atoms with Crippen molar-refractivity contribution in [1.29, 1.82) is 0 Å². The zero-order valence-electron chi connectivity index (χ0n) is 14.1. The van der Waals surface area contributed by atoms with Crippen molar-refractivity contribution in [2.75, 3.05) is 37.7 Å². The molecular weight excluding hydrogens is 306 g/mol. The number of rotatable bonds is 2. The topological polar surface area (TPSA) is 74.9 Å². The van der Waals surface area contributed by atoms with Crippen LogP contribution >= 0.6 is 0 Å². The molecule has 2 N–H and O–H groups in total. The summed E-state index contributed by atoms with van der Waals surface area (Å²) in [7, 11) is 0. The molecule has 0 amide bonds. The van der Waals surface area contributed by atoms with E-state index in [0.29, 0.717) is 5.92 Å². The van der Waals surface area contributed by atoms with E-state index in [1.54, 1.807) is 6.20 Å². The minimum atomic E-state index is -0.195. The van der Waals surface area contributed by atoms with Gasteiger partial charge in [-0.1, -0.05) is 0 Å². The van der Waals surface area contributed by atoms with Crippen LogP contribution in [0.5, 0.6) is 0 Å². The maximum atomic E-state index is 9.90. The third-order valence-corrected chi connectivity index (χ3v) is 6.20. The Morgan fingerprint density at radius 1 is 1.46 bits per heavy atom. The van der Waals surface area contributed by atoms with E-state index in [4.69, 9.17) is 4.74 Å². The molecule has 24 heavy (non-hydrogen) atoms. The quantitative estimate of drug-likeness (QED) is 0.816. The smallest absolute Gasteiger partial charge is 0.157 e. The lowest BCUT2D eigenvalue weighted by Crippen LogP contribution is -2.52. The molecule has 0 unspecified atom stereocenters. The molecule has 4 atom stereocenters. The lowest BCUT2D eigenvalue weighted by Gasteiger charge is -2.34. The van der Waals surface area contributed by atoms with Crippen LogP contribution in [0.25, 0.3) is 5.65 Å². The monoisotopic (exact) mass is 329 g/mol. The van der Waals surface area contributed by atoms with Gasteiger partial charge in [0, 0.05) is 55.4 Å². The van der Waals surface area contributed by atoms with E-state index in [2.05, 4.69) is 27.2 Å². The summed E-state index contributed by atoms with van der Waals surface area (Å²) in [4.78, 5) is 7.00. The van der Waals surface area contributed by atoms with Crippen LogP contribution in [0.4, 0.5) is 5.82 Å². The number of fused-ring (bicyclic) bond motifs is 2. The van der Waals surface area contributed by atoms with E-state index < -0.39 is 0 Å². The fourth-order valence-electron chi connectivity index (χ4n) is 4.95. The van der Waals surface area contributed by atoms with Crippen molar-refractivity contribution >= 4 is 11.5 Å². The molecule has 0 aliphatic carbocycles. The summed E-state index contributed by atoms with van der Waals surface area (Å²) < 4.78 is 8.35. The van der Waals surface area contributed by atoms with Gasteiger partial charge in [0.05, 0.1) is 18.8 Å². The van der Waals surface area contributed by atoms with Gasteiger partial charge in [0.2, 0.25) is 0 Å². The van der Waals surface area contributed by atoms with Crippen LogP contribution in [-0.4, -0.2) is 64.2 Å². The highest BCUT2D eigenvalue weighted by atomic mass is 16.5. The van der Waals surface area contributed by atoms with Gasteiger partial charge in [0.25, 0.3) is 0 Å². The summed E-state index contributed by atoms with van der Waals surface area (Å²) in [5.41, 5.74) is 2.87. The summed E-state index contributed by atoms with van der Waals surface area (Å²) in [6.07, 6.45) is 1.94. The number of hydrogen-bond acceptors (Lipinski definition) is 6. The third-order valence-electron chi connectivity index (χ3n) is 6.20. The SMILES string of the molecule is Cc1nc2ccnn2c(N2C[C@@H]3[C@H](CO)[C@H]4CNC[C@]3(C2)O4)c1C. The van der Waals surface area contributed by atoms with Crippen molar-refractivity contribution in [2.24, 2.45) is 11.8 Å². The van der Waals surface area contributed by atoms with E-state index in [1.165, 1.54) is 0 Å². The average molecular weight is 329 g/mol. The van der Waals surface area contributed by atoms with E-state index in [9.17, 15) is 5.11 Å². The Morgan fingerprint density at radius 3 is 3.17 bits per heavy atom. The molecule has 5 rings (SSSR count). The van der Waals surface area contributed by atoms with Gasteiger partial charge in [-0.2, -0.15) is 9.61 Å². The summed E-state index contributed by atoms with van der Waals surface area (Å²) in [5.74, 6) is 1.66. The molecule has 3 saturated heterocycles. The zero-order valence-corrected chi connectivity index (χ0v) is 14.1.